The molecule has 192 valence electrons. The Morgan fingerprint density at radius 1 is 1.08 bits per heavy atom. The van der Waals surface area contributed by atoms with Crippen molar-refractivity contribution < 1.29 is 17.9 Å². The predicted octanol–water partition coefficient (Wildman–Crippen LogP) is 4.58. The minimum atomic E-state index is -4.06. The molecule has 2 aromatic carbocycles. The Labute approximate surface area is 218 Å². The first-order valence-electron chi connectivity index (χ1n) is 11.9. The molecule has 1 aromatic heterocycles. The molecule has 1 heterocycles. The molecule has 0 fully saturated rings. The molecule has 36 heavy (non-hydrogen) atoms. The summed E-state index contributed by atoms with van der Waals surface area (Å²) in [6, 6.07) is 13.5. The molecule has 8 nitrogen and oxygen atoms in total. The van der Waals surface area contributed by atoms with Crippen LogP contribution in [0.2, 0.25) is 0 Å². The fraction of sp³-hybridized carbons (Fsp3) is 0.346. The molecule has 0 bridgehead atoms. The van der Waals surface area contributed by atoms with E-state index in [-0.39, 0.29) is 4.90 Å². The van der Waals surface area contributed by atoms with Crippen molar-refractivity contribution in [3.05, 3.63) is 71.3 Å². The lowest BCUT2D eigenvalue weighted by Gasteiger charge is -2.14. The van der Waals surface area contributed by atoms with E-state index < -0.39 is 16.1 Å². The number of urea groups is 1. The van der Waals surface area contributed by atoms with E-state index in [1.165, 1.54) is 6.07 Å². The first-order chi connectivity index (χ1) is 17.2. The maximum atomic E-state index is 12.9. The Bertz CT molecular complexity index is 1330. The second kappa shape index (κ2) is 12.1. The largest absolute Gasteiger partial charge is 0.482 e. The van der Waals surface area contributed by atoms with Gasteiger partial charge in [-0.15, -0.1) is 0 Å². The summed E-state index contributed by atoms with van der Waals surface area (Å²) in [6.45, 7) is 9.17. The lowest BCUT2D eigenvalue weighted by molar-refractivity contribution is 0.246. The third-order valence-corrected chi connectivity index (χ3v) is 7.25. The van der Waals surface area contributed by atoms with Crippen LogP contribution in [0.3, 0.4) is 0 Å². The number of carbonyl (C=O) groups excluding carboxylic acids is 1. The molecule has 2 N–H and O–H groups in total. The SMILES string of the molecule is CCCNC(=O)NS(=O)(=O)c1ccccc1-c1ccc(Cn2c(CC)nc(C)c2C(=S)OCC)cc1. The van der Waals surface area contributed by atoms with E-state index in [2.05, 4.69) is 19.6 Å². The van der Waals surface area contributed by atoms with Gasteiger partial charge in [-0.25, -0.2) is 22.9 Å². The number of amides is 2. The molecule has 2 amide bonds. The molecule has 0 aliphatic carbocycles. The zero-order valence-corrected chi connectivity index (χ0v) is 22.6. The van der Waals surface area contributed by atoms with Crippen molar-refractivity contribution >= 4 is 33.3 Å². The van der Waals surface area contributed by atoms with E-state index in [1.807, 2.05) is 52.0 Å². The van der Waals surface area contributed by atoms with Gasteiger partial charge in [0, 0.05) is 25.1 Å². The maximum absolute atomic E-state index is 12.9. The number of ether oxygens (including phenoxy) is 1. The first kappa shape index (κ1) is 27.3. The average Bonchev–Trinajstić information content (AvgIpc) is 3.17. The van der Waals surface area contributed by atoms with E-state index >= 15 is 0 Å². The molecule has 3 rings (SSSR count). The van der Waals surface area contributed by atoms with Gasteiger partial charge in [-0.1, -0.05) is 56.3 Å². The molecule has 0 saturated heterocycles. The summed E-state index contributed by atoms with van der Waals surface area (Å²) < 4.78 is 35.6. The smallest absolute Gasteiger partial charge is 0.328 e. The van der Waals surface area contributed by atoms with Crippen molar-refractivity contribution in [3.8, 4) is 11.1 Å². The number of imidazole rings is 1. The molecule has 0 atom stereocenters. The number of benzene rings is 2. The summed E-state index contributed by atoms with van der Waals surface area (Å²) >= 11 is 5.48. The third kappa shape index (κ3) is 6.30. The van der Waals surface area contributed by atoms with Crippen LogP contribution in [0.5, 0.6) is 0 Å². The molecule has 3 aromatic rings. The van der Waals surface area contributed by atoms with Crippen molar-refractivity contribution in [2.75, 3.05) is 13.2 Å². The van der Waals surface area contributed by atoms with E-state index in [4.69, 9.17) is 17.0 Å². The Morgan fingerprint density at radius 2 is 1.78 bits per heavy atom. The van der Waals surface area contributed by atoms with Crippen LogP contribution in [-0.4, -0.2) is 42.2 Å². The molecule has 0 radical (unpaired) electrons. The van der Waals surface area contributed by atoms with Gasteiger partial charge in [0.25, 0.3) is 10.0 Å². The van der Waals surface area contributed by atoms with Gasteiger partial charge in [0.1, 0.15) is 11.5 Å². The fourth-order valence-electron chi connectivity index (χ4n) is 3.89. The lowest BCUT2D eigenvalue weighted by atomic mass is 10.0. The summed E-state index contributed by atoms with van der Waals surface area (Å²) in [5.74, 6) is 0.914. The van der Waals surface area contributed by atoms with E-state index in [1.54, 1.807) is 18.2 Å². The lowest BCUT2D eigenvalue weighted by Crippen LogP contribution is -2.39. The van der Waals surface area contributed by atoms with Gasteiger partial charge in [0.2, 0.25) is 5.05 Å². The van der Waals surface area contributed by atoms with E-state index in [0.717, 1.165) is 34.8 Å². The molecule has 10 heteroatoms. The monoisotopic (exact) mass is 528 g/mol. The maximum Gasteiger partial charge on any atom is 0.328 e. The highest BCUT2D eigenvalue weighted by Gasteiger charge is 2.22. The number of nitrogens with one attached hydrogen (secondary N) is 2. The van der Waals surface area contributed by atoms with E-state index in [9.17, 15) is 13.2 Å². The second-order valence-electron chi connectivity index (χ2n) is 8.18. The minimum Gasteiger partial charge on any atom is -0.482 e. The number of nitrogens with zero attached hydrogens (tertiary/aromatic N) is 2. The number of hydrogen-bond acceptors (Lipinski definition) is 6. The molecular weight excluding hydrogens is 496 g/mol. The highest BCUT2D eigenvalue weighted by molar-refractivity contribution is 7.90. The van der Waals surface area contributed by atoms with Gasteiger partial charge in [0.05, 0.1) is 17.2 Å². The van der Waals surface area contributed by atoms with Crippen LogP contribution < -0.4 is 10.0 Å². The number of carbonyl (C=O) groups is 1. The van der Waals surface area contributed by atoms with Gasteiger partial charge >= 0.3 is 6.03 Å². The standard InChI is InChI=1S/C26H32N4O4S2/c1-5-16-27-26(31)29-36(32,33)22-11-9-8-10-21(22)20-14-12-19(13-15-20)17-30-23(6-2)28-18(4)24(30)25(35)34-7-3/h8-15H,5-7,16-17H2,1-4H3,(H2,27,29,31). The highest BCUT2D eigenvalue weighted by Crippen LogP contribution is 2.28. The van der Waals surface area contributed by atoms with Gasteiger partial charge in [-0.2, -0.15) is 0 Å². The van der Waals surface area contributed by atoms with Crippen LogP contribution in [0.25, 0.3) is 11.1 Å². The molecule has 0 unspecified atom stereocenters. The van der Waals surface area contributed by atoms with Crippen molar-refractivity contribution in [1.82, 2.24) is 19.6 Å². The average molecular weight is 529 g/mol. The Hall–Kier alpha value is -3.24. The van der Waals surface area contributed by atoms with Crippen LogP contribution in [0.15, 0.2) is 53.4 Å². The number of hydrogen-bond donors (Lipinski definition) is 2. The number of sulfonamides is 1. The Balaban J connectivity index is 1.90. The van der Waals surface area contributed by atoms with Crippen molar-refractivity contribution in [3.63, 3.8) is 0 Å². The highest BCUT2D eigenvalue weighted by atomic mass is 32.2. The van der Waals surface area contributed by atoms with Crippen LogP contribution in [0.4, 0.5) is 4.79 Å². The summed E-state index contributed by atoms with van der Waals surface area (Å²) in [4.78, 5) is 16.7. The van der Waals surface area contributed by atoms with Crippen LogP contribution in [0, 0.1) is 6.92 Å². The number of thiocarbonyl (C=S) groups is 1. The van der Waals surface area contributed by atoms with Gasteiger partial charge in [-0.05, 0) is 49.7 Å². The zero-order chi connectivity index (χ0) is 26.3. The molecule has 0 aliphatic heterocycles. The van der Waals surface area contributed by atoms with Crippen LogP contribution in [-0.2, 0) is 27.7 Å². The molecule has 0 aliphatic rings. The summed E-state index contributed by atoms with van der Waals surface area (Å²) in [5, 5.41) is 2.95. The van der Waals surface area contributed by atoms with Gasteiger partial charge in [-0.3, -0.25) is 0 Å². The first-order valence-corrected chi connectivity index (χ1v) is 13.8. The zero-order valence-electron chi connectivity index (χ0n) is 21.0. The molecule has 0 spiro atoms. The van der Waals surface area contributed by atoms with Crippen molar-refractivity contribution in [1.29, 1.82) is 0 Å². The quantitative estimate of drug-likeness (QED) is 0.374. The van der Waals surface area contributed by atoms with E-state index in [0.29, 0.717) is 36.7 Å². The fourth-order valence-corrected chi connectivity index (χ4v) is 5.43. The number of aryl methyl sites for hydroxylation is 2. The van der Waals surface area contributed by atoms with Gasteiger partial charge < -0.3 is 14.6 Å². The van der Waals surface area contributed by atoms with Crippen LogP contribution in [0.1, 0.15) is 50.0 Å². The summed E-state index contributed by atoms with van der Waals surface area (Å²) in [5.41, 5.74) is 3.86. The summed E-state index contributed by atoms with van der Waals surface area (Å²) in [6.07, 6.45) is 1.45. The predicted molar refractivity (Wildman–Crippen MR) is 145 cm³/mol. The van der Waals surface area contributed by atoms with Gasteiger partial charge in [0.15, 0.2) is 0 Å². The number of rotatable bonds is 10. The summed E-state index contributed by atoms with van der Waals surface area (Å²) in [7, 11) is -4.06. The van der Waals surface area contributed by atoms with Crippen molar-refractivity contribution in [2.45, 2.75) is 52.0 Å². The normalized spacial score (nSPS) is 11.2. The van der Waals surface area contributed by atoms with Crippen molar-refractivity contribution in [2.24, 2.45) is 0 Å². The minimum absolute atomic E-state index is 0.0345. The number of aromatic nitrogens is 2. The molecule has 0 saturated carbocycles. The Morgan fingerprint density at radius 3 is 2.42 bits per heavy atom. The third-order valence-electron chi connectivity index (χ3n) is 5.55. The topological polar surface area (TPSA) is 102 Å². The molecular formula is C26H32N4O4S2. The Kier molecular flexibility index (Phi) is 9.22. The van der Waals surface area contributed by atoms with Crippen LogP contribution >= 0.6 is 12.2 Å². The second-order valence-corrected chi connectivity index (χ2v) is 10.2.